The Morgan fingerprint density at radius 2 is 2.15 bits per heavy atom. The molecule has 0 radical (unpaired) electrons. The number of carbonyl (C=O) groups is 1. The summed E-state index contributed by atoms with van der Waals surface area (Å²) >= 11 is 0. The van der Waals surface area contributed by atoms with Crippen molar-refractivity contribution in [2.45, 2.75) is 18.6 Å². The van der Waals surface area contributed by atoms with Gasteiger partial charge in [-0.05, 0) is 11.6 Å². The van der Waals surface area contributed by atoms with Gasteiger partial charge in [-0.2, -0.15) is 0 Å². The fraction of sp³-hybridized carbons (Fsp3) is 0.533. The van der Waals surface area contributed by atoms with E-state index >= 15 is 0 Å². The second-order valence-electron chi connectivity index (χ2n) is 4.99. The smallest absolute Gasteiger partial charge is 0.228 e. The third-order valence-corrected chi connectivity index (χ3v) is 3.70. The molecule has 0 aliphatic carbocycles. The third kappa shape index (κ3) is 3.17. The van der Waals surface area contributed by atoms with Gasteiger partial charge in [0.1, 0.15) is 0 Å². The highest BCUT2D eigenvalue weighted by molar-refractivity contribution is 5.96. The maximum absolute atomic E-state index is 12.0. The van der Waals surface area contributed by atoms with Gasteiger partial charge in [-0.25, -0.2) is 0 Å². The molecule has 0 aromatic heterocycles. The lowest BCUT2D eigenvalue weighted by molar-refractivity contribution is -0.119. The zero-order valence-corrected chi connectivity index (χ0v) is 12.3. The first-order valence-corrected chi connectivity index (χ1v) is 6.78. The van der Waals surface area contributed by atoms with Crippen LogP contribution < -0.4 is 10.2 Å². The number of nitrogens with zero attached hydrogens (tertiary/aromatic N) is 1. The van der Waals surface area contributed by atoms with Crippen LogP contribution in [0.25, 0.3) is 0 Å². The molecule has 2 atom stereocenters. The van der Waals surface area contributed by atoms with Crippen LogP contribution in [-0.2, 0) is 14.3 Å². The van der Waals surface area contributed by atoms with E-state index in [1.165, 1.54) is 0 Å². The van der Waals surface area contributed by atoms with Gasteiger partial charge >= 0.3 is 0 Å². The Morgan fingerprint density at radius 3 is 2.85 bits per heavy atom. The normalized spacial score (nSPS) is 19.9. The van der Waals surface area contributed by atoms with Crippen LogP contribution in [0.3, 0.4) is 0 Å². The molecule has 2 rings (SSSR count). The van der Waals surface area contributed by atoms with Crippen molar-refractivity contribution >= 4 is 11.6 Å². The fourth-order valence-electron chi connectivity index (χ4n) is 2.50. The Bertz CT molecular complexity index is 464. The Labute approximate surface area is 119 Å². The highest BCUT2D eigenvalue weighted by Gasteiger charge is 2.28. The molecule has 1 N–H and O–H groups in total. The second kappa shape index (κ2) is 6.83. The molecule has 0 fully saturated rings. The number of rotatable bonds is 6. The van der Waals surface area contributed by atoms with Crippen molar-refractivity contribution in [2.24, 2.45) is 0 Å². The monoisotopic (exact) mass is 278 g/mol. The van der Waals surface area contributed by atoms with Gasteiger partial charge in [0.05, 0.1) is 12.7 Å². The second-order valence-corrected chi connectivity index (χ2v) is 4.99. The Morgan fingerprint density at radius 1 is 1.40 bits per heavy atom. The molecule has 1 aliphatic heterocycles. The van der Waals surface area contributed by atoms with Gasteiger partial charge in [-0.15, -0.1) is 0 Å². The predicted molar refractivity (Wildman–Crippen MR) is 77.9 cm³/mol. The van der Waals surface area contributed by atoms with Crippen molar-refractivity contribution in [2.75, 3.05) is 39.3 Å². The zero-order chi connectivity index (χ0) is 14.5. The molecule has 0 bridgehead atoms. The molecule has 1 aromatic carbocycles. The summed E-state index contributed by atoms with van der Waals surface area (Å²) in [6.45, 7) is 1.19. The Balaban J connectivity index is 2.09. The number of para-hydroxylation sites is 1. The van der Waals surface area contributed by atoms with Crippen LogP contribution in [0.1, 0.15) is 18.0 Å². The third-order valence-electron chi connectivity index (χ3n) is 3.70. The van der Waals surface area contributed by atoms with Gasteiger partial charge in [0, 0.05) is 46.0 Å². The number of hydrogen-bond acceptors (Lipinski definition) is 4. The van der Waals surface area contributed by atoms with Crippen LogP contribution in [0, 0.1) is 0 Å². The van der Waals surface area contributed by atoms with Crippen molar-refractivity contribution in [3.8, 4) is 0 Å². The number of carbonyl (C=O) groups excluding carboxylic acids is 1. The number of fused-ring (bicyclic) bond motifs is 1. The van der Waals surface area contributed by atoms with Crippen molar-refractivity contribution in [3.05, 3.63) is 29.8 Å². The summed E-state index contributed by atoms with van der Waals surface area (Å²) in [7, 11) is 5.14. The first-order valence-electron chi connectivity index (χ1n) is 6.78. The molecule has 1 aromatic rings. The highest BCUT2D eigenvalue weighted by Crippen LogP contribution is 2.33. The first-order chi connectivity index (χ1) is 9.67. The Kier molecular flexibility index (Phi) is 5.11. The summed E-state index contributed by atoms with van der Waals surface area (Å²) in [4.78, 5) is 13.8. The lowest BCUT2D eigenvalue weighted by atomic mass is 9.96. The molecule has 1 aliphatic rings. The molecule has 0 spiro atoms. The molecule has 5 heteroatoms. The van der Waals surface area contributed by atoms with E-state index in [1.54, 1.807) is 19.1 Å². The number of methoxy groups -OCH3 is 2. The minimum Gasteiger partial charge on any atom is -0.382 e. The van der Waals surface area contributed by atoms with E-state index in [0.717, 1.165) is 11.3 Å². The fourth-order valence-corrected chi connectivity index (χ4v) is 2.50. The van der Waals surface area contributed by atoms with Gasteiger partial charge < -0.3 is 19.7 Å². The number of hydrogen-bond donors (Lipinski definition) is 1. The molecule has 5 nitrogen and oxygen atoms in total. The largest absolute Gasteiger partial charge is 0.382 e. The van der Waals surface area contributed by atoms with Gasteiger partial charge in [0.2, 0.25) is 5.91 Å². The minimum absolute atomic E-state index is 0.0121. The van der Waals surface area contributed by atoms with Crippen molar-refractivity contribution < 1.29 is 14.3 Å². The summed E-state index contributed by atoms with van der Waals surface area (Å²) < 4.78 is 10.4. The van der Waals surface area contributed by atoms with Gasteiger partial charge in [0.25, 0.3) is 0 Å². The summed E-state index contributed by atoms with van der Waals surface area (Å²) in [6, 6.07) is 8.02. The van der Waals surface area contributed by atoms with Crippen LogP contribution in [-0.4, -0.2) is 46.4 Å². The minimum atomic E-state index is -0.0121. The lowest BCUT2D eigenvalue weighted by Crippen LogP contribution is -2.41. The molecule has 20 heavy (non-hydrogen) atoms. The van der Waals surface area contributed by atoms with Crippen molar-refractivity contribution in [1.82, 2.24) is 5.32 Å². The standard InChI is InChI=1S/C15H22N2O3/c1-17-14-7-5-4-6-12(14)13(8-15(17)18)16-9-11(20-3)10-19-2/h4-7,11,13,16H,8-10H2,1-3H3. The summed E-state index contributed by atoms with van der Waals surface area (Å²) in [6.07, 6.45) is 0.457. The highest BCUT2D eigenvalue weighted by atomic mass is 16.5. The van der Waals surface area contributed by atoms with Gasteiger partial charge in [0.15, 0.2) is 0 Å². The van der Waals surface area contributed by atoms with Crippen LogP contribution in [0.15, 0.2) is 24.3 Å². The number of ether oxygens (including phenoxy) is 2. The van der Waals surface area contributed by atoms with E-state index in [1.807, 2.05) is 25.2 Å². The molecule has 2 unspecified atom stereocenters. The average Bonchev–Trinajstić information content (AvgIpc) is 2.48. The van der Waals surface area contributed by atoms with E-state index in [9.17, 15) is 4.79 Å². The van der Waals surface area contributed by atoms with Gasteiger partial charge in [-0.1, -0.05) is 18.2 Å². The maximum Gasteiger partial charge on any atom is 0.228 e. The molecular weight excluding hydrogens is 256 g/mol. The number of benzene rings is 1. The van der Waals surface area contributed by atoms with Crippen LogP contribution in [0.2, 0.25) is 0 Å². The van der Waals surface area contributed by atoms with Gasteiger partial charge in [-0.3, -0.25) is 4.79 Å². The summed E-state index contributed by atoms with van der Waals surface area (Å²) in [5.41, 5.74) is 2.13. The van der Waals surface area contributed by atoms with E-state index < -0.39 is 0 Å². The van der Waals surface area contributed by atoms with E-state index in [0.29, 0.717) is 19.6 Å². The van der Waals surface area contributed by atoms with E-state index in [-0.39, 0.29) is 18.1 Å². The van der Waals surface area contributed by atoms with Crippen molar-refractivity contribution in [3.63, 3.8) is 0 Å². The summed E-state index contributed by atoms with van der Waals surface area (Å²) in [5.74, 6) is 0.127. The molecule has 1 amide bonds. The molecule has 0 saturated carbocycles. The summed E-state index contributed by atoms with van der Waals surface area (Å²) in [5, 5.41) is 3.41. The SMILES string of the molecule is COCC(CNC1CC(=O)N(C)c2ccccc21)OC. The lowest BCUT2D eigenvalue weighted by Gasteiger charge is -2.32. The molecule has 0 saturated heterocycles. The van der Waals surface area contributed by atoms with Crippen LogP contribution in [0.5, 0.6) is 0 Å². The zero-order valence-electron chi connectivity index (χ0n) is 12.3. The molecular formula is C15H22N2O3. The number of anilines is 1. The predicted octanol–water partition coefficient (Wildman–Crippen LogP) is 1.35. The Hall–Kier alpha value is -1.43. The van der Waals surface area contributed by atoms with Crippen LogP contribution >= 0.6 is 0 Å². The number of amides is 1. The maximum atomic E-state index is 12.0. The topological polar surface area (TPSA) is 50.8 Å². The van der Waals surface area contributed by atoms with Crippen molar-refractivity contribution in [1.29, 1.82) is 0 Å². The molecule has 110 valence electrons. The molecule has 1 heterocycles. The van der Waals surface area contributed by atoms with E-state index in [2.05, 4.69) is 11.4 Å². The quantitative estimate of drug-likeness (QED) is 0.853. The average molecular weight is 278 g/mol. The van der Waals surface area contributed by atoms with Crippen LogP contribution in [0.4, 0.5) is 5.69 Å². The first kappa shape index (κ1) is 15.0. The number of nitrogens with one attached hydrogen (secondary N) is 1. The van der Waals surface area contributed by atoms with E-state index in [4.69, 9.17) is 9.47 Å².